The van der Waals surface area contributed by atoms with Gasteiger partial charge in [-0.05, 0) is 13.3 Å². The zero-order valence-corrected chi connectivity index (χ0v) is 8.05. The summed E-state index contributed by atoms with van der Waals surface area (Å²) in [6.45, 7) is 8.05. The van der Waals surface area contributed by atoms with Crippen molar-refractivity contribution in [2.75, 3.05) is 0 Å². The number of hydrogen-bond acceptors (Lipinski definition) is 3. The quantitative estimate of drug-likeness (QED) is 0.598. The van der Waals surface area contributed by atoms with Crippen molar-refractivity contribution in [3.05, 3.63) is 0 Å². The molecule has 0 aromatic carbocycles. The van der Waals surface area contributed by atoms with Crippen LogP contribution in [0.3, 0.4) is 0 Å². The third kappa shape index (κ3) is 0.678. The smallest absolute Gasteiger partial charge is 0.237 e. The van der Waals surface area contributed by atoms with Gasteiger partial charge in [-0.1, -0.05) is 6.92 Å². The molecule has 0 bridgehead atoms. The van der Waals surface area contributed by atoms with Crippen LogP contribution >= 0.6 is 0 Å². The topological polar surface area (TPSA) is 30.8 Å². The molecule has 0 aromatic heterocycles. The number of rotatable bonds is 1. The summed E-state index contributed by atoms with van der Waals surface area (Å²) in [7, 11) is 0. The van der Waals surface area contributed by atoms with Crippen molar-refractivity contribution < 1.29 is 9.47 Å². The molecular weight excluding hydrogens is 154 g/mol. The van der Waals surface area contributed by atoms with Gasteiger partial charge in [0.15, 0.2) is 11.4 Å². The minimum Gasteiger partial charge on any atom is -0.447 e. The lowest BCUT2D eigenvalue weighted by atomic mass is 9.79. The Bertz CT molecular complexity index is 251. The first kappa shape index (κ1) is 8.05. The highest BCUT2D eigenvalue weighted by atomic mass is 16.7. The van der Waals surface area contributed by atoms with Gasteiger partial charge in [-0.15, -0.1) is 0 Å². The van der Waals surface area contributed by atoms with Crippen LogP contribution in [0.25, 0.3) is 0 Å². The fraction of sp³-hybridized carbons (Fsp3) is 0.889. The largest absolute Gasteiger partial charge is 0.447 e. The van der Waals surface area contributed by atoms with Gasteiger partial charge >= 0.3 is 0 Å². The Balaban J connectivity index is 2.29. The highest BCUT2D eigenvalue weighted by molar-refractivity contribution is 5.77. The predicted molar refractivity (Wildman–Crippen MR) is 46.2 cm³/mol. The van der Waals surface area contributed by atoms with Crippen LogP contribution in [-0.2, 0) is 9.47 Å². The van der Waals surface area contributed by atoms with Gasteiger partial charge in [-0.25, -0.2) is 4.99 Å². The average Bonchev–Trinajstić information content (AvgIpc) is 2.13. The van der Waals surface area contributed by atoms with E-state index in [1.807, 2.05) is 13.8 Å². The van der Waals surface area contributed by atoms with Crippen molar-refractivity contribution in [3.8, 4) is 0 Å². The summed E-state index contributed by atoms with van der Waals surface area (Å²) >= 11 is 0. The van der Waals surface area contributed by atoms with Crippen LogP contribution in [0.15, 0.2) is 4.99 Å². The highest BCUT2D eigenvalue weighted by Gasteiger charge is 2.67. The van der Waals surface area contributed by atoms with Gasteiger partial charge in [0.1, 0.15) is 0 Å². The fourth-order valence-corrected chi connectivity index (χ4v) is 2.15. The molecule has 2 rings (SSSR count). The molecule has 0 saturated carbocycles. The summed E-state index contributed by atoms with van der Waals surface area (Å²) in [5, 5.41) is 0. The van der Waals surface area contributed by atoms with Crippen LogP contribution in [0.4, 0.5) is 0 Å². The zero-order valence-electron chi connectivity index (χ0n) is 8.05. The first-order valence-corrected chi connectivity index (χ1v) is 4.45. The Hall–Kier alpha value is -0.570. The lowest BCUT2D eigenvalue weighted by Gasteiger charge is -2.53. The average molecular weight is 169 g/mol. The number of aliphatic imine (C=N–C) groups is 1. The molecule has 0 N–H and O–H groups in total. The Morgan fingerprint density at radius 1 is 1.50 bits per heavy atom. The van der Waals surface area contributed by atoms with E-state index in [9.17, 15) is 0 Å². The third-order valence-corrected chi connectivity index (χ3v) is 3.02. The number of ether oxygens (including phenoxy) is 2. The van der Waals surface area contributed by atoms with E-state index in [0.29, 0.717) is 0 Å². The maximum Gasteiger partial charge on any atom is 0.237 e. The normalized spacial score (nSPS) is 50.7. The van der Waals surface area contributed by atoms with Crippen LogP contribution in [0, 0.1) is 0 Å². The van der Waals surface area contributed by atoms with E-state index in [4.69, 9.17) is 9.47 Å². The summed E-state index contributed by atoms with van der Waals surface area (Å²) in [6, 6.07) is 0. The van der Waals surface area contributed by atoms with E-state index in [0.717, 1.165) is 12.3 Å². The Kier molecular flexibility index (Phi) is 1.35. The van der Waals surface area contributed by atoms with Gasteiger partial charge in [0.25, 0.3) is 0 Å². The monoisotopic (exact) mass is 169 g/mol. The second-order valence-electron chi connectivity index (χ2n) is 3.84. The van der Waals surface area contributed by atoms with Gasteiger partial charge in [0.05, 0.1) is 6.10 Å². The van der Waals surface area contributed by atoms with E-state index < -0.39 is 5.79 Å². The van der Waals surface area contributed by atoms with Crippen LogP contribution in [0.2, 0.25) is 0 Å². The predicted octanol–water partition coefficient (Wildman–Crippen LogP) is 1.72. The van der Waals surface area contributed by atoms with Crippen molar-refractivity contribution in [1.82, 2.24) is 0 Å². The lowest BCUT2D eigenvalue weighted by molar-refractivity contribution is -0.337. The molecule has 3 nitrogen and oxygen atoms in total. The maximum atomic E-state index is 5.64. The molecule has 1 saturated heterocycles. The molecule has 0 amide bonds. The molecule has 0 radical (unpaired) electrons. The molecule has 0 spiro atoms. The number of hydrogen-bond donors (Lipinski definition) is 0. The van der Waals surface area contributed by atoms with Crippen molar-refractivity contribution in [2.24, 2.45) is 4.99 Å². The summed E-state index contributed by atoms with van der Waals surface area (Å²) in [5.41, 5.74) is -0.147. The molecule has 3 heteroatoms. The second kappa shape index (κ2) is 2.02. The van der Waals surface area contributed by atoms with E-state index in [1.54, 1.807) is 0 Å². The van der Waals surface area contributed by atoms with Crippen LogP contribution in [0.5, 0.6) is 0 Å². The van der Waals surface area contributed by atoms with Gasteiger partial charge in [0, 0.05) is 13.8 Å². The summed E-state index contributed by atoms with van der Waals surface area (Å²) in [4.78, 5) is 4.48. The van der Waals surface area contributed by atoms with Gasteiger partial charge < -0.3 is 9.47 Å². The molecule has 0 unspecified atom stereocenters. The molecule has 12 heavy (non-hydrogen) atoms. The molecule has 2 aliphatic heterocycles. The molecule has 68 valence electrons. The lowest BCUT2D eigenvalue weighted by Crippen LogP contribution is -2.68. The summed E-state index contributed by atoms with van der Waals surface area (Å²) in [5.74, 6) is 0.258. The van der Waals surface area contributed by atoms with E-state index >= 15 is 0 Å². The van der Waals surface area contributed by atoms with E-state index in [1.165, 1.54) is 0 Å². The standard InChI is InChI=1S/C9H15NO2/c1-5-7-8(3)9(4,12-7)11-6(2)10-8/h7H,5H2,1-4H3/t7-,8+,9-/m0/s1. The van der Waals surface area contributed by atoms with Crippen molar-refractivity contribution in [2.45, 2.75) is 51.5 Å². The second-order valence-corrected chi connectivity index (χ2v) is 3.84. The first-order valence-electron chi connectivity index (χ1n) is 4.45. The van der Waals surface area contributed by atoms with Crippen molar-refractivity contribution in [3.63, 3.8) is 0 Å². The van der Waals surface area contributed by atoms with Crippen LogP contribution < -0.4 is 0 Å². The third-order valence-electron chi connectivity index (χ3n) is 3.02. The van der Waals surface area contributed by atoms with Crippen molar-refractivity contribution in [1.29, 1.82) is 0 Å². The molecule has 3 atom stereocenters. The minimum absolute atomic E-state index is 0.147. The Morgan fingerprint density at radius 2 is 2.17 bits per heavy atom. The van der Waals surface area contributed by atoms with E-state index in [-0.39, 0.29) is 11.6 Å². The van der Waals surface area contributed by atoms with Gasteiger partial charge in [-0.2, -0.15) is 0 Å². The fourth-order valence-electron chi connectivity index (χ4n) is 2.15. The number of nitrogens with zero attached hydrogens (tertiary/aromatic N) is 1. The summed E-state index contributed by atoms with van der Waals surface area (Å²) < 4.78 is 11.1. The Morgan fingerprint density at radius 3 is 2.67 bits per heavy atom. The zero-order chi connectivity index (χ0) is 8.98. The van der Waals surface area contributed by atoms with Crippen LogP contribution in [0.1, 0.15) is 34.1 Å². The maximum absolute atomic E-state index is 5.64. The number of fused-ring (bicyclic) bond motifs is 1. The molecule has 2 aliphatic rings. The van der Waals surface area contributed by atoms with Crippen LogP contribution in [-0.4, -0.2) is 23.3 Å². The van der Waals surface area contributed by atoms with Gasteiger partial charge in [-0.3, -0.25) is 0 Å². The Labute approximate surface area is 72.8 Å². The molecule has 1 fully saturated rings. The highest BCUT2D eigenvalue weighted by Crippen LogP contribution is 2.51. The van der Waals surface area contributed by atoms with Gasteiger partial charge in [0.2, 0.25) is 5.79 Å². The molecule has 2 heterocycles. The molecule has 0 aromatic rings. The minimum atomic E-state index is -0.488. The molecular formula is C9H15NO2. The molecule has 0 aliphatic carbocycles. The van der Waals surface area contributed by atoms with Crippen molar-refractivity contribution >= 4 is 5.90 Å². The van der Waals surface area contributed by atoms with E-state index in [2.05, 4.69) is 18.8 Å². The first-order chi connectivity index (χ1) is 5.52. The SMILES string of the molecule is CC[C@@H]1O[C@]2(C)OC(C)=N[C@]12C. The summed E-state index contributed by atoms with van der Waals surface area (Å²) in [6.07, 6.45) is 1.21.